The lowest BCUT2D eigenvalue weighted by Crippen LogP contribution is -2.18. The van der Waals surface area contributed by atoms with Crippen molar-refractivity contribution in [2.24, 2.45) is 0 Å². The second-order valence-electron chi connectivity index (χ2n) is 4.06. The van der Waals surface area contributed by atoms with Gasteiger partial charge in [-0.05, 0) is 31.2 Å². The Morgan fingerprint density at radius 2 is 1.85 bits per heavy atom. The van der Waals surface area contributed by atoms with Crippen LogP contribution in [0, 0.1) is 15.9 Å². The van der Waals surface area contributed by atoms with Crippen molar-refractivity contribution in [3.05, 3.63) is 63.4 Å². The van der Waals surface area contributed by atoms with Gasteiger partial charge in [0.25, 0.3) is 0 Å². The summed E-state index contributed by atoms with van der Waals surface area (Å²) >= 11 is 5.89. The van der Waals surface area contributed by atoms with Crippen LogP contribution in [0.1, 0.15) is 6.92 Å². The van der Waals surface area contributed by atoms with Crippen LogP contribution in [0.4, 0.5) is 21.5 Å². The molecule has 0 fully saturated rings. The molecule has 2 rings (SSSR count). The van der Waals surface area contributed by atoms with Crippen molar-refractivity contribution in [1.29, 1.82) is 0 Å². The third-order valence-corrected chi connectivity index (χ3v) is 3.20. The Morgan fingerprint density at radius 3 is 2.45 bits per heavy atom. The minimum absolute atomic E-state index is 0.0299. The quantitative estimate of drug-likeness (QED) is 0.614. The maximum atomic E-state index is 13.9. The Kier molecular flexibility index (Phi) is 4.20. The van der Waals surface area contributed by atoms with Crippen molar-refractivity contribution >= 4 is 28.7 Å². The fourth-order valence-electron chi connectivity index (χ4n) is 2.04. The van der Waals surface area contributed by atoms with E-state index in [0.29, 0.717) is 6.54 Å². The SMILES string of the molecule is CCN(c1ccccc1F)c1cccc(Cl)c1[N+](=O)[O-]. The molecular formula is C14H12ClFN2O2. The van der Waals surface area contributed by atoms with E-state index in [1.807, 2.05) is 0 Å². The van der Waals surface area contributed by atoms with Crippen molar-refractivity contribution in [2.45, 2.75) is 6.92 Å². The van der Waals surface area contributed by atoms with E-state index >= 15 is 0 Å². The van der Waals surface area contributed by atoms with Gasteiger partial charge in [0.2, 0.25) is 0 Å². The van der Waals surface area contributed by atoms with Crippen molar-refractivity contribution in [1.82, 2.24) is 0 Å². The molecule has 0 unspecified atom stereocenters. The maximum absolute atomic E-state index is 13.9. The largest absolute Gasteiger partial charge is 0.334 e. The van der Waals surface area contributed by atoms with Gasteiger partial charge in [-0.1, -0.05) is 29.8 Å². The van der Waals surface area contributed by atoms with E-state index in [1.165, 1.54) is 17.0 Å². The van der Waals surface area contributed by atoms with Crippen molar-refractivity contribution in [3.63, 3.8) is 0 Å². The minimum atomic E-state index is -0.554. The molecule has 0 saturated heterocycles. The Labute approximate surface area is 120 Å². The van der Waals surface area contributed by atoms with Gasteiger partial charge in [0, 0.05) is 6.54 Å². The highest BCUT2D eigenvalue weighted by molar-refractivity contribution is 6.33. The molecule has 0 aliphatic heterocycles. The van der Waals surface area contributed by atoms with Crippen molar-refractivity contribution in [3.8, 4) is 0 Å². The predicted molar refractivity (Wildman–Crippen MR) is 77.2 cm³/mol. The monoisotopic (exact) mass is 294 g/mol. The van der Waals surface area contributed by atoms with E-state index in [-0.39, 0.29) is 22.1 Å². The highest BCUT2D eigenvalue weighted by Crippen LogP contribution is 2.38. The molecule has 6 heteroatoms. The van der Waals surface area contributed by atoms with Crippen LogP contribution in [0.2, 0.25) is 5.02 Å². The minimum Gasteiger partial charge on any atom is -0.334 e. The molecule has 104 valence electrons. The van der Waals surface area contributed by atoms with Gasteiger partial charge in [-0.25, -0.2) is 4.39 Å². The molecule has 0 saturated carbocycles. The lowest BCUT2D eigenvalue weighted by Gasteiger charge is -2.23. The summed E-state index contributed by atoms with van der Waals surface area (Å²) in [6, 6.07) is 10.7. The smallest absolute Gasteiger partial charge is 0.311 e. The van der Waals surface area contributed by atoms with Gasteiger partial charge in [-0.3, -0.25) is 10.1 Å². The number of nitro benzene ring substituents is 1. The summed E-state index contributed by atoms with van der Waals surface area (Å²) in [6.07, 6.45) is 0. The zero-order valence-corrected chi connectivity index (χ0v) is 11.5. The molecule has 0 atom stereocenters. The maximum Gasteiger partial charge on any atom is 0.311 e. The summed E-state index contributed by atoms with van der Waals surface area (Å²) < 4.78 is 13.9. The van der Waals surface area contributed by atoms with E-state index in [9.17, 15) is 14.5 Å². The first-order chi connectivity index (χ1) is 9.56. The standard InChI is InChI=1S/C14H12ClFN2O2/c1-2-17(12-8-4-3-7-11(12)16)13-9-5-6-10(15)14(13)18(19)20/h3-9H,2H2,1H3. The average molecular weight is 295 g/mol. The van der Waals surface area contributed by atoms with Crippen LogP contribution in [0.3, 0.4) is 0 Å². The molecule has 2 aromatic carbocycles. The second kappa shape index (κ2) is 5.88. The predicted octanol–water partition coefficient (Wildman–Crippen LogP) is 4.55. The molecule has 0 aliphatic carbocycles. The van der Waals surface area contributed by atoms with Gasteiger partial charge in [-0.2, -0.15) is 0 Å². The third-order valence-electron chi connectivity index (χ3n) is 2.90. The molecule has 2 aromatic rings. The Hall–Kier alpha value is -2.14. The summed E-state index contributed by atoms with van der Waals surface area (Å²) in [4.78, 5) is 12.2. The lowest BCUT2D eigenvalue weighted by atomic mass is 10.2. The number of halogens is 2. The number of nitro groups is 1. The summed E-state index contributed by atoms with van der Waals surface area (Å²) in [7, 11) is 0. The first-order valence-electron chi connectivity index (χ1n) is 6.01. The number of hydrogen-bond donors (Lipinski definition) is 0. The van der Waals surface area contributed by atoms with Crippen LogP contribution < -0.4 is 4.90 Å². The van der Waals surface area contributed by atoms with Crippen LogP contribution in [-0.2, 0) is 0 Å². The fourth-order valence-corrected chi connectivity index (χ4v) is 2.28. The number of benzene rings is 2. The normalized spacial score (nSPS) is 10.3. The Morgan fingerprint density at radius 1 is 1.20 bits per heavy atom. The van der Waals surface area contributed by atoms with E-state index in [0.717, 1.165) is 0 Å². The molecule has 0 aliphatic rings. The van der Waals surface area contributed by atoms with Crippen molar-refractivity contribution in [2.75, 3.05) is 11.4 Å². The number of anilines is 2. The van der Waals surface area contributed by atoms with Crippen LogP contribution in [0.25, 0.3) is 0 Å². The third kappa shape index (κ3) is 2.58. The number of rotatable bonds is 4. The molecule has 0 amide bonds. The Balaban J connectivity index is 2.62. The molecule has 0 N–H and O–H groups in total. The van der Waals surface area contributed by atoms with Gasteiger partial charge in [0.15, 0.2) is 0 Å². The fraction of sp³-hybridized carbons (Fsp3) is 0.143. The zero-order valence-electron chi connectivity index (χ0n) is 10.7. The molecule has 0 radical (unpaired) electrons. The molecule has 4 nitrogen and oxygen atoms in total. The van der Waals surface area contributed by atoms with Crippen molar-refractivity contribution < 1.29 is 9.31 Å². The van der Waals surface area contributed by atoms with Gasteiger partial charge in [-0.15, -0.1) is 0 Å². The van der Waals surface area contributed by atoms with Crippen LogP contribution in [0.15, 0.2) is 42.5 Å². The molecule has 20 heavy (non-hydrogen) atoms. The summed E-state index contributed by atoms with van der Waals surface area (Å²) in [6.45, 7) is 2.17. The number of para-hydroxylation sites is 2. The topological polar surface area (TPSA) is 46.4 Å². The molecular weight excluding hydrogens is 283 g/mol. The van der Waals surface area contributed by atoms with Gasteiger partial charge < -0.3 is 4.90 Å². The first kappa shape index (κ1) is 14.3. The molecule has 0 bridgehead atoms. The van der Waals surface area contributed by atoms with E-state index in [4.69, 9.17) is 11.6 Å². The van der Waals surface area contributed by atoms with Gasteiger partial charge in [0.05, 0.1) is 10.6 Å². The van der Waals surface area contributed by atoms with Crippen LogP contribution >= 0.6 is 11.6 Å². The molecule has 0 heterocycles. The number of hydrogen-bond acceptors (Lipinski definition) is 3. The summed E-state index contributed by atoms with van der Waals surface area (Å²) in [5.41, 5.74) is 0.328. The van der Waals surface area contributed by atoms with E-state index in [1.54, 1.807) is 37.3 Å². The van der Waals surface area contributed by atoms with Crippen LogP contribution in [-0.4, -0.2) is 11.5 Å². The zero-order chi connectivity index (χ0) is 14.7. The molecule has 0 spiro atoms. The highest BCUT2D eigenvalue weighted by Gasteiger charge is 2.24. The summed E-state index contributed by atoms with van der Waals surface area (Å²) in [5, 5.41) is 11.2. The lowest BCUT2D eigenvalue weighted by molar-refractivity contribution is -0.383. The van der Waals surface area contributed by atoms with Gasteiger partial charge in [0.1, 0.15) is 16.5 Å². The van der Waals surface area contributed by atoms with E-state index < -0.39 is 10.7 Å². The second-order valence-corrected chi connectivity index (χ2v) is 4.47. The first-order valence-corrected chi connectivity index (χ1v) is 6.39. The Bertz CT molecular complexity index is 649. The number of nitrogens with zero attached hydrogens (tertiary/aromatic N) is 2. The van der Waals surface area contributed by atoms with Crippen LogP contribution in [0.5, 0.6) is 0 Å². The molecule has 0 aromatic heterocycles. The average Bonchev–Trinajstić information content (AvgIpc) is 2.41. The van der Waals surface area contributed by atoms with E-state index in [2.05, 4.69) is 0 Å². The summed E-state index contributed by atoms with van der Waals surface area (Å²) in [5.74, 6) is -0.441. The highest BCUT2D eigenvalue weighted by atomic mass is 35.5. The van der Waals surface area contributed by atoms with Gasteiger partial charge >= 0.3 is 5.69 Å².